The molecule has 0 spiro atoms. The number of carbonyl (C=O) groups excluding carboxylic acids is 1. The third-order valence-electron chi connectivity index (χ3n) is 5.42. The number of likely N-dealkylation sites (tertiary alicyclic amines) is 1. The van der Waals surface area contributed by atoms with Crippen molar-refractivity contribution >= 4 is 15.9 Å². The maximum absolute atomic E-state index is 12.2. The number of benzene rings is 1. The number of urea groups is 1. The lowest BCUT2D eigenvalue weighted by atomic mass is 10.1. The molecule has 2 aliphatic heterocycles. The Bertz CT molecular complexity index is 730. The highest BCUT2D eigenvalue weighted by Crippen LogP contribution is 2.26. The number of carbonyl (C=O) groups is 1. The Balaban J connectivity index is 1.53. The van der Waals surface area contributed by atoms with Crippen molar-refractivity contribution in [3.8, 4) is 5.75 Å². The van der Waals surface area contributed by atoms with E-state index in [-0.39, 0.29) is 29.5 Å². The normalized spacial score (nSPS) is 23.1. The molecule has 2 fully saturated rings. The van der Waals surface area contributed by atoms with Crippen molar-refractivity contribution in [3.63, 3.8) is 0 Å². The van der Waals surface area contributed by atoms with Crippen LogP contribution < -0.4 is 15.4 Å². The average molecular weight is 396 g/mol. The van der Waals surface area contributed by atoms with Crippen LogP contribution in [0.5, 0.6) is 5.75 Å². The summed E-state index contributed by atoms with van der Waals surface area (Å²) in [6, 6.07) is 7.86. The molecule has 1 aromatic rings. The minimum Gasteiger partial charge on any atom is -0.497 e. The molecule has 150 valence electrons. The van der Waals surface area contributed by atoms with E-state index < -0.39 is 9.84 Å². The molecular weight excluding hydrogens is 366 g/mol. The number of methoxy groups -OCH3 is 1. The standard InChI is InChI=1S/C19H29N3O4S/c1-26-17-6-4-16(5-7-17)18(22-9-2-3-10-22)13-21-19(23)20-12-15-8-11-27(24,25)14-15/h4-7,15,18H,2-3,8-14H2,1H3,(H2,20,21,23)/t15-,18+/m0/s1. The molecule has 0 aliphatic carbocycles. The van der Waals surface area contributed by atoms with E-state index in [0.29, 0.717) is 19.5 Å². The third kappa shape index (κ3) is 5.59. The van der Waals surface area contributed by atoms with Crippen molar-refractivity contribution in [3.05, 3.63) is 29.8 Å². The molecule has 2 saturated heterocycles. The molecule has 2 aliphatic rings. The van der Waals surface area contributed by atoms with Crippen molar-refractivity contribution < 1.29 is 17.9 Å². The number of amides is 2. The topological polar surface area (TPSA) is 87.7 Å². The van der Waals surface area contributed by atoms with Gasteiger partial charge in [-0.25, -0.2) is 13.2 Å². The zero-order chi connectivity index (χ0) is 19.3. The SMILES string of the molecule is COc1ccc([C@@H](CNC(=O)NC[C@@H]2CCS(=O)(=O)C2)N2CCCC2)cc1. The fourth-order valence-electron chi connectivity index (χ4n) is 3.86. The number of hydrogen-bond donors (Lipinski definition) is 2. The highest BCUT2D eigenvalue weighted by atomic mass is 32.2. The highest BCUT2D eigenvalue weighted by molar-refractivity contribution is 7.91. The molecule has 7 nitrogen and oxygen atoms in total. The summed E-state index contributed by atoms with van der Waals surface area (Å²) in [5, 5.41) is 5.78. The lowest BCUT2D eigenvalue weighted by Gasteiger charge is -2.28. The lowest BCUT2D eigenvalue weighted by Crippen LogP contribution is -2.43. The van der Waals surface area contributed by atoms with Gasteiger partial charge >= 0.3 is 6.03 Å². The van der Waals surface area contributed by atoms with Gasteiger partial charge in [-0.1, -0.05) is 12.1 Å². The minimum absolute atomic E-state index is 0.0247. The fourth-order valence-corrected chi connectivity index (χ4v) is 5.72. The van der Waals surface area contributed by atoms with Gasteiger partial charge in [0.2, 0.25) is 0 Å². The Hall–Kier alpha value is -1.80. The molecule has 0 radical (unpaired) electrons. The van der Waals surface area contributed by atoms with Crippen LogP contribution in [0.15, 0.2) is 24.3 Å². The molecule has 2 heterocycles. The summed E-state index contributed by atoms with van der Waals surface area (Å²) in [6.07, 6.45) is 2.98. The molecule has 0 unspecified atom stereocenters. The van der Waals surface area contributed by atoms with Gasteiger partial charge in [0.05, 0.1) is 24.7 Å². The van der Waals surface area contributed by atoms with Crippen LogP contribution in [0.25, 0.3) is 0 Å². The molecule has 27 heavy (non-hydrogen) atoms. The van der Waals surface area contributed by atoms with E-state index in [1.165, 1.54) is 12.8 Å². The smallest absolute Gasteiger partial charge is 0.314 e. The largest absolute Gasteiger partial charge is 0.497 e. The van der Waals surface area contributed by atoms with Gasteiger partial charge in [-0.2, -0.15) is 0 Å². The van der Waals surface area contributed by atoms with Gasteiger partial charge in [0.1, 0.15) is 5.75 Å². The number of ether oxygens (including phenoxy) is 1. The van der Waals surface area contributed by atoms with Gasteiger partial charge in [-0.15, -0.1) is 0 Å². The molecule has 8 heteroatoms. The van der Waals surface area contributed by atoms with Crippen LogP contribution in [0.4, 0.5) is 4.79 Å². The number of hydrogen-bond acceptors (Lipinski definition) is 5. The van der Waals surface area contributed by atoms with Crippen molar-refractivity contribution in [2.75, 3.05) is 44.8 Å². The van der Waals surface area contributed by atoms with Gasteiger partial charge < -0.3 is 15.4 Å². The third-order valence-corrected chi connectivity index (χ3v) is 7.25. The van der Waals surface area contributed by atoms with Crippen molar-refractivity contribution in [1.29, 1.82) is 0 Å². The number of nitrogens with one attached hydrogen (secondary N) is 2. The maximum atomic E-state index is 12.2. The van der Waals surface area contributed by atoms with Crippen LogP contribution in [0, 0.1) is 5.92 Å². The van der Waals surface area contributed by atoms with E-state index in [1.807, 2.05) is 24.3 Å². The summed E-state index contributed by atoms with van der Waals surface area (Å²) in [4.78, 5) is 14.6. The Morgan fingerprint density at radius 3 is 2.52 bits per heavy atom. The zero-order valence-corrected chi connectivity index (χ0v) is 16.6. The van der Waals surface area contributed by atoms with Crippen LogP contribution in [0.1, 0.15) is 30.9 Å². The fraction of sp³-hybridized carbons (Fsp3) is 0.632. The average Bonchev–Trinajstić information content (AvgIpc) is 3.30. The van der Waals surface area contributed by atoms with E-state index in [0.717, 1.165) is 24.4 Å². The first-order chi connectivity index (χ1) is 13.0. The van der Waals surface area contributed by atoms with Gasteiger partial charge in [-0.05, 0) is 56.0 Å². The summed E-state index contributed by atoms with van der Waals surface area (Å²) in [5.41, 5.74) is 1.15. The van der Waals surface area contributed by atoms with Crippen molar-refractivity contribution in [1.82, 2.24) is 15.5 Å². The number of sulfone groups is 1. The molecule has 0 aromatic heterocycles. The van der Waals surface area contributed by atoms with Crippen molar-refractivity contribution in [2.45, 2.75) is 25.3 Å². The predicted molar refractivity (Wildman–Crippen MR) is 105 cm³/mol. The first kappa shape index (κ1) is 19.9. The first-order valence-corrected chi connectivity index (χ1v) is 11.4. The van der Waals surface area contributed by atoms with Gasteiger partial charge in [-0.3, -0.25) is 4.90 Å². The van der Waals surface area contributed by atoms with Crippen LogP contribution >= 0.6 is 0 Å². The Morgan fingerprint density at radius 1 is 1.22 bits per heavy atom. The van der Waals surface area contributed by atoms with Crippen LogP contribution in [-0.4, -0.2) is 64.1 Å². The summed E-state index contributed by atoms with van der Waals surface area (Å²) < 4.78 is 28.2. The van der Waals surface area contributed by atoms with Gasteiger partial charge in [0.15, 0.2) is 9.84 Å². The zero-order valence-electron chi connectivity index (χ0n) is 15.8. The second-order valence-corrected chi connectivity index (χ2v) is 9.62. The Labute approximate surface area is 161 Å². The van der Waals surface area contributed by atoms with Crippen LogP contribution in [-0.2, 0) is 9.84 Å². The minimum atomic E-state index is -2.91. The summed E-state index contributed by atoms with van der Waals surface area (Å²) in [7, 11) is -1.26. The molecule has 2 N–H and O–H groups in total. The Kier molecular flexibility index (Phi) is 6.59. The van der Waals surface area contributed by atoms with Crippen LogP contribution in [0.3, 0.4) is 0 Å². The molecule has 0 bridgehead atoms. The summed E-state index contributed by atoms with van der Waals surface area (Å²) in [6.45, 7) is 2.98. The van der Waals surface area contributed by atoms with Crippen molar-refractivity contribution in [2.24, 2.45) is 5.92 Å². The predicted octanol–water partition coefficient (Wildman–Crippen LogP) is 1.57. The molecule has 2 amide bonds. The van der Waals surface area contributed by atoms with E-state index in [9.17, 15) is 13.2 Å². The molecule has 0 saturated carbocycles. The molecule has 3 rings (SSSR count). The van der Waals surface area contributed by atoms with Gasteiger partial charge in [0, 0.05) is 13.1 Å². The second-order valence-electron chi connectivity index (χ2n) is 7.39. The maximum Gasteiger partial charge on any atom is 0.314 e. The number of rotatable bonds is 7. The number of nitrogens with zero attached hydrogens (tertiary/aromatic N) is 1. The highest BCUT2D eigenvalue weighted by Gasteiger charge is 2.28. The van der Waals surface area contributed by atoms with Gasteiger partial charge in [0.25, 0.3) is 0 Å². The Morgan fingerprint density at radius 2 is 1.93 bits per heavy atom. The first-order valence-electron chi connectivity index (χ1n) is 9.57. The van der Waals surface area contributed by atoms with E-state index in [2.05, 4.69) is 15.5 Å². The molecule has 1 aromatic carbocycles. The molecule has 2 atom stereocenters. The van der Waals surface area contributed by atoms with E-state index in [1.54, 1.807) is 7.11 Å². The summed E-state index contributed by atoms with van der Waals surface area (Å²) >= 11 is 0. The van der Waals surface area contributed by atoms with E-state index >= 15 is 0 Å². The molecular formula is C19H29N3O4S. The van der Waals surface area contributed by atoms with Crippen LogP contribution in [0.2, 0.25) is 0 Å². The van der Waals surface area contributed by atoms with E-state index in [4.69, 9.17) is 4.74 Å². The monoisotopic (exact) mass is 395 g/mol. The second kappa shape index (κ2) is 8.93. The quantitative estimate of drug-likeness (QED) is 0.732. The summed E-state index contributed by atoms with van der Waals surface area (Å²) in [5.74, 6) is 1.25. The lowest BCUT2D eigenvalue weighted by molar-refractivity contribution is 0.220.